The second-order valence-electron chi connectivity index (χ2n) is 2.23. The summed E-state index contributed by atoms with van der Waals surface area (Å²) in [6, 6.07) is 0.118. The molecule has 0 bridgehead atoms. The van der Waals surface area contributed by atoms with Crippen molar-refractivity contribution in [2.24, 2.45) is 4.99 Å². The lowest BCUT2D eigenvalue weighted by Gasteiger charge is -2.06. The largest absolute Gasteiger partial charge is 0.270 e. The predicted molar refractivity (Wildman–Crippen MR) is 41.0 cm³/mol. The van der Waals surface area contributed by atoms with Crippen molar-refractivity contribution in [2.45, 2.75) is 19.4 Å². The first-order chi connectivity index (χ1) is 4.70. The van der Waals surface area contributed by atoms with Gasteiger partial charge in [-0.05, 0) is 19.4 Å². The van der Waals surface area contributed by atoms with Gasteiger partial charge in [-0.25, -0.2) is 8.42 Å². The molecule has 0 spiro atoms. The second kappa shape index (κ2) is 2.96. The van der Waals surface area contributed by atoms with Gasteiger partial charge in [0.2, 0.25) is 0 Å². The monoisotopic (exact) mass is 159 g/mol. The van der Waals surface area contributed by atoms with Gasteiger partial charge in [-0.1, -0.05) is 6.08 Å². The Hall–Kier alpha value is -0.640. The molecule has 0 aromatic heterocycles. The lowest BCUT2D eigenvalue weighted by Crippen LogP contribution is -2.08. The molecule has 0 aliphatic carbocycles. The molecule has 0 aromatic carbocycles. The number of dihydropyridines is 1. The van der Waals surface area contributed by atoms with Crippen LogP contribution in [-0.2, 0) is 10.7 Å². The van der Waals surface area contributed by atoms with Gasteiger partial charge in [0.15, 0.2) is 10.7 Å². The van der Waals surface area contributed by atoms with E-state index in [0.717, 1.165) is 6.42 Å². The molecule has 0 N–H and O–H groups in total. The van der Waals surface area contributed by atoms with Gasteiger partial charge in [0.25, 0.3) is 0 Å². The molecule has 3 nitrogen and oxygen atoms in total. The molecular weight excluding hydrogens is 150 g/mol. The average Bonchev–Trinajstić information content (AvgIpc) is 1.88. The van der Waals surface area contributed by atoms with Crippen molar-refractivity contribution in [2.75, 3.05) is 0 Å². The van der Waals surface area contributed by atoms with E-state index in [0.29, 0.717) is 0 Å². The van der Waals surface area contributed by atoms with E-state index in [9.17, 15) is 8.42 Å². The van der Waals surface area contributed by atoms with E-state index in [1.807, 2.05) is 13.0 Å². The van der Waals surface area contributed by atoms with Crippen molar-refractivity contribution < 1.29 is 8.42 Å². The lowest BCUT2D eigenvalue weighted by atomic mass is 10.2. The number of thiol groups is 1. The standard InChI is InChI=1S/C6H9NO2S/c1-5-3-2-4-6(7-5)10(8)9/h2,4-5,10H,3H2,1H3. The number of hydrogen-bond acceptors (Lipinski definition) is 3. The highest BCUT2D eigenvalue weighted by Crippen LogP contribution is 2.05. The van der Waals surface area contributed by atoms with Crippen molar-refractivity contribution in [3.8, 4) is 0 Å². The highest BCUT2D eigenvalue weighted by molar-refractivity contribution is 7.90. The summed E-state index contributed by atoms with van der Waals surface area (Å²) in [5, 5.41) is 0.203. The van der Waals surface area contributed by atoms with Crippen LogP contribution >= 0.6 is 0 Å². The normalized spacial score (nSPS) is 25.0. The van der Waals surface area contributed by atoms with Crippen LogP contribution in [0.3, 0.4) is 0 Å². The number of rotatable bonds is 0. The Labute approximate surface area is 61.4 Å². The number of hydrogen-bond donors (Lipinski definition) is 1. The third-order valence-corrected chi connectivity index (χ3v) is 1.92. The zero-order valence-corrected chi connectivity index (χ0v) is 6.54. The topological polar surface area (TPSA) is 46.5 Å². The molecule has 0 saturated carbocycles. The molecule has 0 aromatic rings. The van der Waals surface area contributed by atoms with Gasteiger partial charge in [-0.3, -0.25) is 4.99 Å². The summed E-state index contributed by atoms with van der Waals surface area (Å²) in [7, 11) is -2.48. The zero-order chi connectivity index (χ0) is 7.56. The van der Waals surface area contributed by atoms with Crippen molar-refractivity contribution in [3.05, 3.63) is 12.2 Å². The van der Waals surface area contributed by atoms with Crippen LogP contribution < -0.4 is 0 Å². The van der Waals surface area contributed by atoms with E-state index in [2.05, 4.69) is 4.99 Å². The third-order valence-electron chi connectivity index (χ3n) is 1.28. The van der Waals surface area contributed by atoms with Crippen molar-refractivity contribution in [1.29, 1.82) is 0 Å². The van der Waals surface area contributed by atoms with Gasteiger partial charge >= 0.3 is 0 Å². The maximum Gasteiger partial charge on any atom is 0.185 e. The lowest BCUT2D eigenvalue weighted by molar-refractivity contribution is 0.623. The molecule has 0 fully saturated rings. The van der Waals surface area contributed by atoms with E-state index < -0.39 is 10.7 Å². The van der Waals surface area contributed by atoms with Crippen molar-refractivity contribution >= 4 is 15.7 Å². The van der Waals surface area contributed by atoms with E-state index in [4.69, 9.17) is 0 Å². The first kappa shape index (κ1) is 7.47. The number of nitrogens with zero attached hydrogens (tertiary/aromatic N) is 1. The van der Waals surface area contributed by atoms with Crippen LogP contribution in [0.15, 0.2) is 17.1 Å². The minimum Gasteiger partial charge on any atom is -0.270 e. The van der Waals surface area contributed by atoms with E-state index in [1.165, 1.54) is 0 Å². The van der Waals surface area contributed by atoms with Crippen LogP contribution in [0, 0.1) is 0 Å². The third kappa shape index (κ3) is 1.67. The van der Waals surface area contributed by atoms with Crippen molar-refractivity contribution in [3.63, 3.8) is 0 Å². The molecular formula is C6H9NO2S. The molecule has 10 heavy (non-hydrogen) atoms. The minimum atomic E-state index is -2.48. The Morgan fingerprint density at radius 1 is 1.70 bits per heavy atom. The number of aliphatic imine (C=N–C) groups is 1. The Morgan fingerprint density at radius 3 is 2.80 bits per heavy atom. The van der Waals surface area contributed by atoms with Gasteiger partial charge in [-0.2, -0.15) is 0 Å². The Morgan fingerprint density at radius 2 is 2.40 bits per heavy atom. The van der Waals surface area contributed by atoms with Gasteiger partial charge in [0.05, 0.1) is 6.04 Å². The fourth-order valence-corrected chi connectivity index (χ4v) is 1.32. The molecule has 1 heterocycles. The molecule has 1 aliphatic rings. The predicted octanol–water partition coefficient (Wildman–Crippen LogP) is 0.345. The summed E-state index contributed by atoms with van der Waals surface area (Å²) in [5.41, 5.74) is 0. The van der Waals surface area contributed by atoms with E-state index in [-0.39, 0.29) is 11.1 Å². The molecule has 1 aliphatic heterocycles. The first-order valence-electron chi connectivity index (χ1n) is 3.09. The molecule has 0 saturated heterocycles. The average molecular weight is 159 g/mol. The molecule has 1 atom stereocenters. The van der Waals surface area contributed by atoms with Crippen molar-refractivity contribution in [1.82, 2.24) is 0 Å². The highest BCUT2D eigenvalue weighted by atomic mass is 32.2. The fourth-order valence-electron chi connectivity index (χ4n) is 0.800. The summed E-state index contributed by atoms with van der Waals surface area (Å²) in [6.07, 6.45) is 4.22. The van der Waals surface area contributed by atoms with Gasteiger partial charge in [0.1, 0.15) is 5.04 Å². The zero-order valence-electron chi connectivity index (χ0n) is 5.65. The fraction of sp³-hybridized carbons (Fsp3) is 0.500. The van der Waals surface area contributed by atoms with Gasteiger partial charge < -0.3 is 0 Å². The summed E-state index contributed by atoms with van der Waals surface area (Å²) in [6.45, 7) is 1.89. The Balaban J connectivity index is 2.86. The van der Waals surface area contributed by atoms with Crippen LogP contribution in [0.1, 0.15) is 13.3 Å². The summed E-state index contributed by atoms with van der Waals surface area (Å²) < 4.78 is 20.7. The smallest absolute Gasteiger partial charge is 0.185 e. The highest BCUT2D eigenvalue weighted by Gasteiger charge is 2.05. The SMILES string of the molecule is CC1CC=CC([SH](=O)=O)=N1. The molecule has 1 unspecified atom stereocenters. The minimum absolute atomic E-state index is 0.118. The van der Waals surface area contributed by atoms with Crippen LogP contribution in [0.5, 0.6) is 0 Å². The Bertz CT molecular complexity index is 244. The van der Waals surface area contributed by atoms with Gasteiger partial charge in [-0.15, -0.1) is 0 Å². The maximum atomic E-state index is 10.4. The molecule has 0 amide bonds. The van der Waals surface area contributed by atoms with Crippen LogP contribution in [-0.4, -0.2) is 19.5 Å². The van der Waals surface area contributed by atoms with E-state index >= 15 is 0 Å². The Kier molecular flexibility index (Phi) is 2.21. The molecule has 4 heteroatoms. The summed E-state index contributed by atoms with van der Waals surface area (Å²) in [5.74, 6) is 0. The van der Waals surface area contributed by atoms with Crippen LogP contribution in [0.2, 0.25) is 0 Å². The second-order valence-corrected chi connectivity index (χ2v) is 3.20. The van der Waals surface area contributed by atoms with Gasteiger partial charge in [0, 0.05) is 0 Å². The van der Waals surface area contributed by atoms with Crippen LogP contribution in [0.25, 0.3) is 0 Å². The molecule has 56 valence electrons. The molecule has 1 rings (SSSR count). The maximum absolute atomic E-state index is 10.4. The summed E-state index contributed by atoms with van der Waals surface area (Å²) in [4.78, 5) is 3.92. The first-order valence-corrected chi connectivity index (χ1v) is 4.26. The van der Waals surface area contributed by atoms with Crippen LogP contribution in [0.4, 0.5) is 0 Å². The quantitative estimate of drug-likeness (QED) is 0.518. The molecule has 0 radical (unpaired) electrons. The van der Waals surface area contributed by atoms with E-state index in [1.54, 1.807) is 6.08 Å². The summed E-state index contributed by atoms with van der Waals surface area (Å²) >= 11 is 0.